The van der Waals surface area contributed by atoms with Crippen molar-refractivity contribution in [3.05, 3.63) is 76.0 Å². The maximum Gasteiger partial charge on any atom is 0.251 e. The number of rotatable bonds is 10. The Morgan fingerprint density at radius 1 is 1.32 bits per heavy atom. The first kappa shape index (κ1) is 25.5. The van der Waals surface area contributed by atoms with E-state index in [-0.39, 0.29) is 25.1 Å². The molecule has 2 aliphatic heterocycles. The predicted octanol–water partition coefficient (Wildman–Crippen LogP) is 3.18. The predicted molar refractivity (Wildman–Crippen MR) is 139 cm³/mol. The number of aliphatic hydroxyl groups excluding tert-OH is 1. The number of carbonyl (C=O) groups excluding carboxylic acids is 1. The molecule has 37 heavy (non-hydrogen) atoms. The van der Waals surface area contributed by atoms with E-state index in [1.807, 2.05) is 37.3 Å². The maximum atomic E-state index is 12.6. The molecule has 0 aliphatic carbocycles. The van der Waals surface area contributed by atoms with E-state index in [9.17, 15) is 9.90 Å². The van der Waals surface area contributed by atoms with Crippen LogP contribution in [-0.2, 0) is 24.3 Å². The Labute approximate surface area is 220 Å². The minimum atomic E-state index is -0.692. The molecule has 10 heteroatoms. The number of aryl methyl sites for hydroxylation is 1. The summed E-state index contributed by atoms with van der Waals surface area (Å²) in [7, 11) is 0. The molecular formula is C27H31ClN4O5. The van der Waals surface area contributed by atoms with E-state index in [2.05, 4.69) is 20.5 Å². The number of β-amino-alcohol motifs (C(OH)–C–C–N with tert-alkyl or cyclic N) is 1. The van der Waals surface area contributed by atoms with Gasteiger partial charge in [0.15, 0.2) is 12.2 Å². The van der Waals surface area contributed by atoms with E-state index in [1.54, 1.807) is 6.07 Å². The molecule has 5 rings (SSSR count). The van der Waals surface area contributed by atoms with Gasteiger partial charge in [0, 0.05) is 37.4 Å². The second-order valence-electron chi connectivity index (χ2n) is 9.47. The first-order valence-electron chi connectivity index (χ1n) is 12.4. The number of aromatic nitrogens is 1. The summed E-state index contributed by atoms with van der Waals surface area (Å²) in [5.74, 6) is 1.08. The quantitative estimate of drug-likeness (QED) is 0.369. The largest absolute Gasteiger partial charge is 0.484 e. The standard InChI is InChI=1S/C27H31ClN4O5/c1-17-25(37-16-30-17)15-36-24-6-5-19-11-32(8-7-23(19)26(24)28)12-22(33)10-29-27(34)18-3-2-4-20(9-18)31-21-13-35-14-21/h2-6,9,16,21-22,31,33H,7-8,10-15H2,1H3,(H,29,34). The molecular weight excluding hydrogens is 496 g/mol. The summed E-state index contributed by atoms with van der Waals surface area (Å²) in [6.07, 6.45) is 1.46. The van der Waals surface area contributed by atoms with Gasteiger partial charge in [-0.3, -0.25) is 9.69 Å². The van der Waals surface area contributed by atoms with Crippen LogP contribution in [0.3, 0.4) is 0 Å². The van der Waals surface area contributed by atoms with Crippen molar-refractivity contribution in [3.63, 3.8) is 0 Å². The van der Waals surface area contributed by atoms with E-state index in [0.29, 0.717) is 48.4 Å². The Hall–Kier alpha value is -3.11. The Morgan fingerprint density at radius 2 is 2.19 bits per heavy atom. The highest BCUT2D eigenvalue weighted by atomic mass is 35.5. The molecule has 3 aromatic rings. The molecule has 2 aliphatic rings. The van der Waals surface area contributed by atoms with Crippen LogP contribution < -0.4 is 15.4 Å². The average molecular weight is 527 g/mol. The van der Waals surface area contributed by atoms with Crippen molar-refractivity contribution in [1.82, 2.24) is 15.2 Å². The molecule has 0 radical (unpaired) electrons. The molecule has 1 aromatic heterocycles. The molecule has 1 unspecified atom stereocenters. The van der Waals surface area contributed by atoms with Gasteiger partial charge in [0.25, 0.3) is 5.91 Å². The second-order valence-corrected chi connectivity index (χ2v) is 9.85. The zero-order valence-electron chi connectivity index (χ0n) is 20.7. The minimum Gasteiger partial charge on any atom is -0.484 e. The van der Waals surface area contributed by atoms with Crippen molar-refractivity contribution < 1.29 is 23.8 Å². The zero-order valence-corrected chi connectivity index (χ0v) is 21.5. The summed E-state index contributed by atoms with van der Waals surface area (Å²) in [4.78, 5) is 18.9. The van der Waals surface area contributed by atoms with Gasteiger partial charge >= 0.3 is 0 Å². The summed E-state index contributed by atoms with van der Waals surface area (Å²) in [5.41, 5.74) is 4.40. The van der Waals surface area contributed by atoms with Crippen LogP contribution in [-0.4, -0.2) is 65.9 Å². The molecule has 1 amide bonds. The third-order valence-electron chi connectivity index (χ3n) is 6.68. The van der Waals surface area contributed by atoms with Gasteiger partial charge in [0.2, 0.25) is 0 Å². The van der Waals surface area contributed by atoms with Gasteiger partial charge in [-0.25, -0.2) is 4.98 Å². The fourth-order valence-electron chi connectivity index (χ4n) is 4.50. The van der Waals surface area contributed by atoms with Gasteiger partial charge in [-0.1, -0.05) is 23.7 Å². The van der Waals surface area contributed by atoms with Crippen LogP contribution in [0.4, 0.5) is 5.69 Å². The maximum absolute atomic E-state index is 12.6. The van der Waals surface area contributed by atoms with Gasteiger partial charge in [-0.15, -0.1) is 0 Å². The molecule has 3 heterocycles. The first-order valence-corrected chi connectivity index (χ1v) is 12.8. The number of ether oxygens (including phenoxy) is 2. The van der Waals surface area contributed by atoms with Crippen molar-refractivity contribution in [2.75, 3.05) is 38.2 Å². The first-order chi connectivity index (χ1) is 18.0. The van der Waals surface area contributed by atoms with E-state index >= 15 is 0 Å². The number of hydrogen-bond donors (Lipinski definition) is 3. The molecule has 2 aromatic carbocycles. The molecule has 9 nitrogen and oxygen atoms in total. The summed E-state index contributed by atoms with van der Waals surface area (Å²) in [6, 6.07) is 11.5. The molecule has 3 N–H and O–H groups in total. The number of carbonyl (C=O) groups is 1. The van der Waals surface area contributed by atoms with Crippen LogP contribution in [0.25, 0.3) is 0 Å². The van der Waals surface area contributed by atoms with Crippen molar-refractivity contribution in [2.45, 2.75) is 38.6 Å². The number of nitrogens with one attached hydrogen (secondary N) is 2. The van der Waals surface area contributed by atoms with Crippen LogP contribution in [0, 0.1) is 6.92 Å². The number of amides is 1. The highest BCUT2D eigenvalue weighted by Gasteiger charge is 2.23. The van der Waals surface area contributed by atoms with Crippen molar-refractivity contribution >= 4 is 23.2 Å². The highest BCUT2D eigenvalue weighted by Crippen LogP contribution is 2.34. The molecule has 0 saturated carbocycles. The number of nitrogens with zero attached hydrogens (tertiary/aromatic N) is 2. The van der Waals surface area contributed by atoms with Crippen molar-refractivity contribution in [1.29, 1.82) is 0 Å². The van der Waals surface area contributed by atoms with Crippen LogP contribution >= 0.6 is 11.6 Å². The minimum absolute atomic E-state index is 0.172. The van der Waals surface area contributed by atoms with Crippen molar-refractivity contribution in [2.24, 2.45) is 0 Å². The highest BCUT2D eigenvalue weighted by molar-refractivity contribution is 6.33. The van der Waals surface area contributed by atoms with Gasteiger partial charge in [0.05, 0.1) is 36.1 Å². The Kier molecular flexibility index (Phi) is 7.95. The van der Waals surface area contributed by atoms with Gasteiger partial charge < -0.3 is 29.6 Å². The molecule has 1 saturated heterocycles. The Balaban J connectivity index is 1.10. The van der Waals surface area contributed by atoms with E-state index in [0.717, 1.165) is 35.5 Å². The fourth-order valence-corrected chi connectivity index (χ4v) is 4.84. The molecule has 196 valence electrons. The van der Waals surface area contributed by atoms with Gasteiger partial charge in [-0.05, 0) is 48.7 Å². The van der Waals surface area contributed by atoms with Crippen molar-refractivity contribution in [3.8, 4) is 5.75 Å². The molecule has 1 fully saturated rings. The Morgan fingerprint density at radius 3 is 2.95 bits per heavy atom. The number of benzene rings is 2. The third kappa shape index (κ3) is 6.24. The number of aliphatic hydroxyl groups is 1. The van der Waals surface area contributed by atoms with Crippen LogP contribution in [0.15, 0.2) is 47.2 Å². The number of anilines is 1. The third-order valence-corrected chi connectivity index (χ3v) is 7.10. The number of fused-ring (bicyclic) bond motifs is 1. The second kappa shape index (κ2) is 11.5. The smallest absolute Gasteiger partial charge is 0.251 e. The van der Waals surface area contributed by atoms with Crippen LogP contribution in [0.1, 0.15) is 32.9 Å². The average Bonchev–Trinajstić information content (AvgIpc) is 3.29. The summed E-state index contributed by atoms with van der Waals surface area (Å²) in [5, 5.41) is 17.4. The normalized spacial score (nSPS) is 16.5. The number of oxazole rings is 1. The SMILES string of the molecule is Cc1ncoc1COc1ccc2c(c1Cl)CCN(CC(O)CNC(=O)c1cccc(NC3COC3)c1)C2. The molecule has 1 atom stereocenters. The van der Waals surface area contributed by atoms with Crippen LogP contribution in [0.2, 0.25) is 5.02 Å². The Bertz CT molecular complexity index is 1250. The topological polar surface area (TPSA) is 109 Å². The van der Waals surface area contributed by atoms with Gasteiger partial charge in [0.1, 0.15) is 12.4 Å². The monoisotopic (exact) mass is 526 g/mol. The summed E-state index contributed by atoms with van der Waals surface area (Å²) in [6.45, 7) is 5.52. The number of hydrogen-bond acceptors (Lipinski definition) is 8. The zero-order chi connectivity index (χ0) is 25.8. The lowest BCUT2D eigenvalue weighted by atomic mass is 9.99. The van der Waals surface area contributed by atoms with Gasteiger partial charge in [-0.2, -0.15) is 0 Å². The number of halogens is 1. The summed E-state index contributed by atoms with van der Waals surface area (Å²) < 4.78 is 16.4. The van der Waals surface area contributed by atoms with E-state index in [1.165, 1.54) is 6.39 Å². The molecule has 0 bridgehead atoms. The van der Waals surface area contributed by atoms with E-state index < -0.39 is 6.10 Å². The lowest BCUT2D eigenvalue weighted by Crippen LogP contribution is -2.42. The molecule has 0 spiro atoms. The van der Waals surface area contributed by atoms with E-state index in [4.69, 9.17) is 25.5 Å². The summed E-state index contributed by atoms with van der Waals surface area (Å²) >= 11 is 6.66. The fraction of sp³-hybridized carbons (Fsp3) is 0.407. The van der Waals surface area contributed by atoms with Crippen LogP contribution in [0.5, 0.6) is 5.75 Å². The lowest BCUT2D eigenvalue weighted by molar-refractivity contribution is 0.0211. The lowest BCUT2D eigenvalue weighted by Gasteiger charge is -2.31.